The molecule has 0 aliphatic rings. The largest absolute Gasteiger partial charge is 0.395 e. The Kier molecular flexibility index (Phi) is 5.02. The number of aliphatic hydroxyl groups excluding tert-OH is 1. The maximum absolute atomic E-state index is 12.2. The van der Waals surface area contributed by atoms with E-state index in [1.165, 1.54) is 0 Å². The first-order valence-electron chi connectivity index (χ1n) is 6.29. The molecule has 110 valence electrons. The Bertz CT molecular complexity index is 769. The smallest absolute Gasteiger partial charge is 0.271 e. The Labute approximate surface area is 128 Å². The van der Waals surface area contributed by atoms with E-state index in [1.807, 2.05) is 19.1 Å². The second-order valence-corrected chi connectivity index (χ2v) is 7.22. The van der Waals surface area contributed by atoms with Gasteiger partial charge in [0.1, 0.15) is 4.21 Å². The van der Waals surface area contributed by atoms with Gasteiger partial charge in [0.05, 0.1) is 12.3 Å². The summed E-state index contributed by atoms with van der Waals surface area (Å²) in [6.07, 6.45) is 0.352. The van der Waals surface area contributed by atoms with Gasteiger partial charge in [0.2, 0.25) is 0 Å². The van der Waals surface area contributed by atoms with Crippen molar-refractivity contribution in [1.29, 1.82) is 0 Å². The lowest BCUT2D eigenvalue weighted by Crippen LogP contribution is -2.12. The maximum atomic E-state index is 12.2. The van der Waals surface area contributed by atoms with Gasteiger partial charge in [0.15, 0.2) is 0 Å². The predicted octanol–water partition coefficient (Wildman–Crippen LogP) is 2.59. The van der Waals surface area contributed by atoms with Crippen LogP contribution < -0.4 is 4.72 Å². The van der Waals surface area contributed by atoms with Crippen LogP contribution in [0.3, 0.4) is 0 Å². The molecule has 6 heteroatoms. The van der Waals surface area contributed by atoms with Crippen molar-refractivity contribution in [2.75, 3.05) is 11.3 Å². The molecule has 2 aromatic rings. The minimum atomic E-state index is -3.58. The summed E-state index contributed by atoms with van der Waals surface area (Å²) in [6.45, 7) is 1.89. The van der Waals surface area contributed by atoms with E-state index in [0.29, 0.717) is 17.7 Å². The highest BCUT2D eigenvalue weighted by atomic mass is 32.2. The zero-order valence-corrected chi connectivity index (χ0v) is 13.1. The number of aryl methyl sites for hydroxylation is 1. The Balaban J connectivity index is 2.34. The third-order valence-corrected chi connectivity index (χ3v) is 5.40. The lowest BCUT2D eigenvalue weighted by molar-refractivity contribution is 0.305. The Morgan fingerprint density at radius 3 is 2.81 bits per heavy atom. The number of thiophene rings is 1. The third kappa shape index (κ3) is 4.08. The minimum Gasteiger partial charge on any atom is -0.395 e. The van der Waals surface area contributed by atoms with Gasteiger partial charge in [-0.2, -0.15) is 0 Å². The van der Waals surface area contributed by atoms with E-state index in [9.17, 15) is 8.42 Å². The van der Waals surface area contributed by atoms with Gasteiger partial charge in [0, 0.05) is 12.0 Å². The van der Waals surface area contributed by atoms with Gasteiger partial charge in [-0.3, -0.25) is 4.72 Å². The molecule has 2 N–H and O–H groups in total. The molecule has 1 aromatic carbocycles. The van der Waals surface area contributed by atoms with Crippen LogP contribution in [-0.2, 0) is 10.0 Å². The minimum absolute atomic E-state index is 0.0188. The van der Waals surface area contributed by atoms with Crippen molar-refractivity contribution in [3.8, 4) is 11.8 Å². The van der Waals surface area contributed by atoms with Crippen LogP contribution in [0.4, 0.5) is 5.69 Å². The van der Waals surface area contributed by atoms with Crippen molar-refractivity contribution in [1.82, 2.24) is 0 Å². The molecule has 1 heterocycles. The fraction of sp³-hybridized carbons (Fsp3) is 0.200. The van der Waals surface area contributed by atoms with Gasteiger partial charge in [-0.25, -0.2) is 8.42 Å². The number of nitrogens with one attached hydrogen (secondary N) is 1. The molecular weight excluding hydrogens is 306 g/mol. The zero-order valence-electron chi connectivity index (χ0n) is 11.5. The number of aliphatic hydroxyl groups is 1. The van der Waals surface area contributed by atoms with E-state index in [-0.39, 0.29) is 10.8 Å². The van der Waals surface area contributed by atoms with E-state index >= 15 is 0 Å². The summed E-state index contributed by atoms with van der Waals surface area (Å²) in [5, 5.41) is 10.5. The standard InChI is InChI=1S/C15H15NO3S2/c1-12-7-8-14(13(11-12)5-2-3-9-17)16-21(18,19)15-6-4-10-20-15/h4,6-8,10-11,16-17H,3,9H2,1H3. The van der Waals surface area contributed by atoms with E-state index < -0.39 is 10.0 Å². The van der Waals surface area contributed by atoms with Crippen LogP contribution in [0, 0.1) is 18.8 Å². The second kappa shape index (κ2) is 6.76. The van der Waals surface area contributed by atoms with E-state index in [2.05, 4.69) is 16.6 Å². The van der Waals surface area contributed by atoms with E-state index in [4.69, 9.17) is 5.11 Å². The molecule has 1 aromatic heterocycles. The molecule has 0 saturated heterocycles. The zero-order chi connectivity index (χ0) is 15.3. The van der Waals surface area contributed by atoms with Crippen LogP contribution in [0.25, 0.3) is 0 Å². The molecule has 4 nitrogen and oxygen atoms in total. The van der Waals surface area contributed by atoms with Crippen molar-refractivity contribution in [2.24, 2.45) is 0 Å². The summed E-state index contributed by atoms with van der Waals surface area (Å²) in [6, 6.07) is 8.58. The molecule has 0 bridgehead atoms. The molecule has 0 saturated carbocycles. The molecule has 0 atom stereocenters. The van der Waals surface area contributed by atoms with E-state index in [0.717, 1.165) is 16.9 Å². The average molecular weight is 321 g/mol. The number of hydrogen-bond donors (Lipinski definition) is 2. The lowest BCUT2D eigenvalue weighted by Gasteiger charge is -2.09. The van der Waals surface area contributed by atoms with Gasteiger partial charge >= 0.3 is 0 Å². The average Bonchev–Trinajstić information content (AvgIpc) is 2.97. The maximum Gasteiger partial charge on any atom is 0.271 e. The van der Waals surface area contributed by atoms with Crippen LogP contribution in [0.1, 0.15) is 17.5 Å². The fourth-order valence-corrected chi connectivity index (χ4v) is 3.75. The topological polar surface area (TPSA) is 66.4 Å². The monoisotopic (exact) mass is 321 g/mol. The van der Waals surface area contributed by atoms with Crippen molar-refractivity contribution < 1.29 is 13.5 Å². The van der Waals surface area contributed by atoms with Crippen molar-refractivity contribution in [2.45, 2.75) is 17.6 Å². The molecule has 0 fully saturated rings. The third-order valence-electron chi connectivity index (χ3n) is 2.64. The van der Waals surface area contributed by atoms with Gasteiger partial charge in [-0.05, 0) is 36.1 Å². The fourth-order valence-electron chi connectivity index (χ4n) is 1.68. The van der Waals surface area contributed by atoms with E-state index in [1.54, 1.807) is 23.6 Å². The number of anilines is 1. The van der Waals surface area contributed by atoms with Crippen molar-refractivity contribution in [3.05, 3.63) is 46.8 Å². The first kappa shape index (κ1) is 15.6. The molecule has 21 heavy (non-hydrogen) atoms. The SMILES string of the molecule is Cc1ccc(NS(=O)(=O)c2cccs2)c(C#CCCO)c1. The van der Waals surface area contributed by atoms with Crippen LogP contribution in [0.15, 0.2) is 39.9 Å². The number of sulfonamides is 1. The summed E-state index contributed by atoms with van der Waals surface area (Å²) >= 11 is 1.16. The second-order valence-electron chi connectivity index (χ2n) is 4.36. The number of benzene rings is 1. The molecule has 0 spiro atoms. The van der Waals surface area contributed by atoms with Crippen molar-refractivity contribution >= 4 is 27.0 Å². The molecule has 0 radical (unpaired) electrons. The molecule has 0 unspecified atom stereocenters. The summed E-state index contributed by atoms with van der Waals surface area (Å²) in [5.41, 5.74) is 2.03. The van der Waals surface area contributed by atoms with Crippen LogP contribution in [-0.4, -0.2) is 20.1 Å². The Morgan fingerprint density at radius 1 is 1.33 bits per heavy atom. The molecule has 0 amide bonds. The highest BCUT2D eigenvalue weighted by molar-refractivity contribution is 7.94. The highest BCUT2D eigenvalue weighted by Gasteiger charge is 2.16. The van der Waals surface area contributed by atoms with Gasteiger partial charge < -0.3 is 5.11 Å². The summed E-state index contributed by atoms with van der Waals surface area (Å²) < 4.78 is 27.3. The molecule has 0 aliphatic carbocycles. The Morgan fingerprint density at radius 2 is 2.14 bits per heavy atom. The summed E-state index contributed by atoms with van der Waals surface area (Å²) in [5.74, 6) is 5.70. The number of rotatable bonds is 4. The number of hydrogen-bond acceptors (Lipinski definition) is 4. The quantitative estimate of drug-likeness (QED) is 0.851. The first-order valence-corrected chi connectivity index (χ1v) is 8.66. The van der Waals surface area contributed by atoms with Crippen molar-refractivity contribution in [3.63, 3.8) is 0 Å². The van der Waals surface area contributed by atoms with Gasteiger partial charge in [-0.15, -0.1) is 11.3 Å². The predicted molar refractivity (Wildman–Crippen MR) is 84.9 cm³/mol. The summed E-state index contributed by atoms with van der Waals surface area (Å²) in [7, 11) is -3.58. The van der Waals surface area contributed by atoms with Gasteiger partial charge in [0.25, 0.3) is 10.0 Å². The molecule has 2 rings (SSSR count). The first-order chi connectivity index (χ1) is 10.0. The van der Waals surface area contributed by atoms with Crippen LogP contribution >= 0.6 is 11.3 Å². The molecule has 0 aliphatic heterocycles. The highest BCUT2D eigenvalue weighted by Crippen LogP contribution is 2.23. The normalized spacial score (nSPS) is 10.8. The van der Waals surface area contributed by atoms with Crippen LogP contribution in [0.5, 0.6) is 0 Å². The van der Waals surface area contributed by atoms with Gasteiger partial charge in [-0.1, -0.05) is 24.0 Å². The Hall–Kier alpha value is -1.81. The van der Waals surface area contributed by atoms with Crippen LogP contribution in [0.2, 0.25) is 0 Å². The lowest BCUT2D eigenvalue weighted by atomic mass is 10.1. The molecular formula is C15H15NO3S2. The summed E-state index contributed by atoms with van der Waals surface area (Å²) in [4.78, 5) is 0.